The van der Waals surface area contributed by atoms with Gasteiger partial charge in [0, 0.05) is 27.6 Å². The summed E-state index contributed by atoms with van der Waals surface area (Å²) in [5, 5.41) is 8.98. The van der Waals surface area contributed by atoms with Gasteiger partial charge in [0.1, 0.15) is 5.58 Å². The second-order valence-corrected chi connectivity index (χ2v) is 8.49. The van der Waals surface area contributed by atoms with E-state index < -0.39 is 0 Å². The molecule has 0 unspecified atom stereocenters. The van der Waals surface area contributed by atoms with Crippen LogP contribution >= 0.6 is 11.6 Å². The number of rotatable bonds is 0. The van der Waals surface area contributed by atoms with Crippen molar-refractivity contribution < 1.29 is 4.42 Å². The first-order valence-corrected chi connectivity index (χ1v) is 9.86. The lowest BCUT2D eigenvalue weighted by Gasteiger charge is -2.36. The Bertz CT molecular complexity index is 1430. The zero-order valence-electron chi connectivity index (χ0n) is 15.6. The Balaban J connectivity index is 1.75. The van der Waals surface area contributed by atoms with Gasteiger partial charge in [-0.15, -0.1) is 0 Å². The standard InChI is InChI=1S/C25H18ClNO/c1-25(2)17-11-14-7-3-4-8-15(14)12-19(17)27-20-13-18(26)24-22(23(20)25)16-9-5-6-10-21(16)28-24/h3-13,27H,1-2H3. The van der Waals surface area contributed by atoms with Crippen molar-refractivity contribution in [2.45, 2.75) is 19.3 Å². The molecule has 6 rings (SSSR count). The summed E-state index contributed by atoms with van der Waals surface area (Å²) < 4.78 is 6.14. The van der Waals surface area contributed by atoms with Gasteiger partial charge in [-0.1, -0.05) is 67.9 Å². The molecule has 2 heterocycles. The van der Waals surface area contributed by atoms with E-state index in [1.165, 1.54) is 21.9 Å². The molecule has 4 aromatic carbocycles. The third-order valence-corrected chi connectivity index (χ3v) is 6.34. The Morgan fingerprint density at radius 3 is 2.39 bits per heavy atom. The van der Waals surface area contributed by atoms with Gasteiger partial charge < -0.3 is 9.73 Å². The zero-order valence-corrected chi connectivity index (χ0v) is 16.4. The van der Waals surface area contributed by atoms with Crippen LogP contribution in [0.3, 0.4) is 0 Å². The maximum Gasteiger partial charge on any atom is 0.154 e. The first-order valence-electron chi connectivity index (χ1n) is 9.48. The van der Waals surface area contributed by atoms with E-state index in [0.29, 0.717) is 5.02 Å². The highest BCUT2D eigenvalue weighted by molar-refractivity contribution is 6.36. The molecule has 1 aliphatic heterocycles. The van der Waals surface area contributed by atoms with E-state index in [-0.39, 0.29) is 5.41 Å². The van der Waals surface area contributed by atoms with E-state index in [9.17, 15) is 0 Å². The van der Waals surface area contributed by atoms with Gasteiger partial charge in [-0.3, -0.25) is 0 Å². The van der Waals surface area contributed by atoms with Crippen LogP contribution in [0.15, 0.2) is 71.1 Å². The third-order valence-electron chi connectivity index (χ3n) is 6.06. The van der Waals surface area contributed by atoms with Crippen molar-refractivity contribution in [1.29, 1.82) is 0 Å². The normalized spacial score (nSPS) is 14.8. The first-order chi connectivity index (χ1) is 13.5. The summed E-state index contributed by atoms with van der Waals surface area (Å²) in [6.07, 6.45) is 0. The molecule has 0 amide bonds. The minimum Gasteiger partial charge on any atom is -0.454 e. The molecule has 0 saturated carbocycles. The summed E-state index contributed by atoms with van der Waals surface area (Å²) in [7, 11) is 0. The van der Waals surface area contributed by atoms with E-state index in [1.54, 1.807) is 0 Å². The van der Waals surface area contributed by atoms with Crippen molar-refractivity contribution in [3.63, 3.8) is 0 Å². The van der Waals surface area contributed by atoms with Gasteiger partial charge in [-0.25, -0.2) is 0 Å². The lowest BCUT2D eigenvalue weighted by Crippen LogP contribution is -2.26. The summed E-state index contributed by atoms with van der Waals surface area (Å²) in [6, 6.07) is 23.2. The number of furan rings is 1. The Morgan fingerprint density at radius 1 is 0.857 bits per heavy atom. The molecule has 1 N–H and O–H groups in total. The average molecular weight is 384 g/mol. The highest BCUT2D eigenvalue weighted by atomic mass is 35.5. The van der Waals surface area contributed by atoms with Crippen LogP contribution in [-0.4, -0.2) is 0 Å². The molecule has 28 heavy (non-hydrogen) atoms. The molecule has 0 bridgehead atoms. The molecule has 0 atom stereocenters. The number of fused-ring (bicyclic) bond motifs is 7. The van der Waals surface area contributed by atoms with Crippen LogP contribution in [0, 0.1) is 0 Å². The van der Waals surface area contributed by atoms with Gasteiger partial charge in [0.25, 0.3) is 0 Å². The minimum atomic E-state index is -0.199. The smallest absolute Gasteiger partial charge is 0.154 e. The Hall–Kier alpha value is -2.97. The minimum absolute atomic E-state index is 0.199. The van der Waals surface area contributed by atoms with Crippen molar-refractivity contribution >= 4 is 55.7 Å². The molecule has 1 aliphatic rings. The van der Waals surface area contributed by atoms with Crippen molar-refractivity contribution in [1.82, 2.24) is 0 Å². The second kappa shape index (κ2) is 5.30. The summed E-state index contributed by atoms with van der Waals surface area (Å²) in [5.74, 6) is 0. The number of hydrogen-bond acceptors (Lipinski definition) is 2. The van der Waals surface area contributed by atoms with Crippen LogP contribution < -0.4 is 5.32 Å². The molecule has 0 radical (unpaired) electrons. The molecule has 2 nitrogen and oxygen atoms in total. The SMILES string of the molecule is CC1(C)c2cc3ccccc3cc2Nc2cc(Cl)c3oc4ccccc4c3c21. The molecule has 5 aromatic rings. The predicted octanol–water partition coefficient (Wildman–Crippen LogP) is 7.78. The molecule has 1 aromatic heterocycles. The number of benzene rings is 4. The zero-order chi connectivity index (χ0) is 19.0. The van der Waals surface area contributed by atoms with E-state index in [2.05, 4.69) is 67.7 Å². The monoisotopic (exact) mass is 383 g/mol. The van der Waals surface area contributed by atoms with Crippen LogP contribution in [0.2, 0.25) is 5.02 Å². The Morgan fingerprint density at radius 2 is 1.57 bits per heavy atom. The van der Waals surface area contributed by atoms with Gasteiger partial charge in [-0.2, -0.15) is 0 Å². The fourth-order valence-electron chi connectivity index (χ4n) is 4.75. The number of anilines is 2. The van der Waals surface area contributed by atoms with Crippen LogP contribution in [0.5, 0.6) is 0 Å². The van der Waals surface area contributed by atoms with E-state index in [0.717, 1.165) is 33.3 Å². The molecule has 0 aliphatic carbocycles. The van der Waals surface area contributed by atoms with Gasteiger partial charge in [0.05, 0.1) is 5.02 Å². The summed E-state index contributed by atoms with van der Waals surface area (Å²) >= 11 is 6.65. The Kier molecular flexibility index (Phi) is 3.03. The third kappa shape index (κ3) is 1.99. The van der Waals surface area contributed by atoms with Crippen LogP contribution in [0.25, 0.3) is 32.7 Å². The fraction of sp³-hybridized carbons (Fsp3) is 0.120. The summed E-state index contributed by atoms with van der Waals surface area (Å²) in [5.41, 5.74) is 6.15. The van der Waals surface area contributed by atoms with Crippen molar-refractivity contribution in [3.8, 4) is 0 Å². The van der Waals surface area contributed by atoms with Crippen molar-refractivity contribution in [2.75, 3.05) is 5.32 Å². The van der Waals surface area contributed by atoms with Gasteiger partial charge in [0.2, 0.25) is 0 Å². The lowest BCUT2D eigenvalue weighted by molar-refractivity contribution is 0.641. The summed E-state index contributed by atoms with van der Waals surface area (Å²) in [4.78, 5) is 0. The maximum atomic E-state index is 6.65. The Labute approximate surface area is 167 Å². The van der Waals surface area contributed by atoms with Crippen molar-refractivity contribution in [3.05, 3.63) is 82.9 Å². The molecule has 136 valence electrons. The summed E-state index contributed by atoms with van der Waals surface area (Å²) in [6.45, 7) is 4.57. The number of hydrogen-bond donors (Lipinski definition) is 1. The largest absolute Gasteiger partial charge is 0.454 e. The molecular weight excluding hydrogens is 366 g/mol. The fourth-order valence-corrected chi connectivity index (χ4v) is 4.99. The molecule has 0 spiro atoms. The van der Waals surface area contributed by atoms with E-state index in [1.807, 2.05) is 18.2 Å². The van der Waals surface area contributed by atoms with E-state index >= 15 is 0 Å². The quantitative estimate of drug-likeness (QED) is 0.295. The number of halogens is 1. The van der Waals surface area contributed by atoms with Crippen molar-refractivity contribution in [2.24, 2.45) is 0 Å². The van der Waals surface area contributed by atoms with E-state index in [4.69, 9.17) is 16.0 Å². The number of nitrogens with one attached hydrogen (secondary N) is 1. The van der Waals surface area contributed by atoms with Crippen LogP contribution in [0.1, 0.15) is 25.0 Å². The highest BCUT2D eigenvalue weighted by Gasteiger charge is 2.36. The van der Waals surface area contributed by atoms with Crippen LogP contribution in [0.4, 0.5) is 11.4 Å². The number of para-hydroxylation sites is 1. The maximum absolute atomic E-state index is 6.65. The molecule has 0 fully saturated rings. The van der Waals surface area contributed by atoms with Gasteiger partial charge >= 0.3 is 0 Å². The molecule has 0 saturated heterocycles. The molecule has 3 heteroatoms. The highest BCUT2D eigenvalue weighted by Crippen LogP contribution is 2.52. The second-order valence-electron chi connectivity index (χ2n) is 8.08. The van der Waals surface area contributed by atoms with Gasteiger partial charge in [-0.05, 0) is 46.2 Å². The lowest BCUT2D eigenvalue weighted by atomic mass is 9.72. The first kappa shape index (κ1) is 16.0. The topological polar surface area (TPSA) is 25.2 Å². The average Bonchev–Trinajstić information content (AvgIpc) is 3.07. The molecular formula is C25H18ClNO. The predicted molar refractivity (Wildman–Crippen MR) is 118 cm³/mol. The van der Waals surface area contributed by atoms with Gasteiger partial charge in [0.15, 0.2) is 5.58 Å². The van der Waals surface area contributed by atoms with Crippen LogP contribution in [-0.2, 0) is 5.41 Å².